The lowest BCUT2D eigenvalue weighted by Gasteiger charge is -2.13. The fourth-order valence-electron chi connectivity index (χ4n) is 1.01. The summed E-state index contributed by atoms with van der Waals surface area (Å²) in [6.07, 6.45) is -1.63. The minimum Gasteiger partial charge on any atom is -0.288 e. The highest BCUT2D eigenvalue weighted by Crippen LogP contribution is 2.23. The van der Waals surface area contributed by atoms with Crippen molar-refractivity contribution in [3.63, 3.8) is 0 Å². The van der Waals surface area contributed by atoms with Crippen LogP contribution >= 0.6 is 11.8 Å². The number of rotatable bonds is 6. The van der Waals surface area contributed by atoms with E-state index in [-0.39, 0.29) is 11.5 Å². The van der Waals surface area contributed by atoms with E-state index in [0.29, 0.717) is 19.1 Å². The fourth-order valence-corrected chi connectivity index (χ4v) is 1.61. The summed E-state index contributed by atoms with van der Waals surface area (Å²) in [5.41, 5.74) is 0. The van der Waals surface area contributed by atoms with E-state index in [1.54, 1.807) is 0 Å². The maximum absolute atomic E-state index is 12.8. The van der Waals surface area contributed by atoms with Gasteiger partial charge in [0.1, 0.15) is 6.17 Å². The molecule has 84 valence electrons. The quantitative estimate of drug-likeness (QED) is 0.648. The Morgan fingerprint density at radius 3 is 2.50 bits per heavy atom. The summed E-state index contributed by atoms with van der Waals surface area (Å²) < 4.78 is 37.5. The van der Waals surface area contributed by atoms with Crippen LogP contribution in [0.5, 0.6) is 0 Å². The summed E-state index contributed by atoms with van der Waals surface area (Å²) in [5, 5.41) is -0.0266. The summed E-state index contributed by atoms with van der Waals surface area (Å²) in [6.45, 7) is 2.14. The van der Waals surface area contributed by atoms with Gasteiger partial charge in [0.05, 0.1) is 0 Å². The van der Waals surface area contributed by atoms with Gasteiger partial charge in [0.25, 0.3) is 0 Å². The van der Waals surface area contributed by atoms with Crippen LogP contribution in [0.3, 0.4) is 0 Å². The third-order valence-electron chi connectivity index (χ3n) is 1.55. The summed E-state index contributed by atoms with van der Waals surface area (Å²) in [6, 6.07) is 0. The molecule has 0 aromatic carbocycles. The maximum Gasteiger partial charge on any atom is 0.248 e. The van der Waals surface area contributed by atoms with Crippen molar-refractivity contribution in [3.05, 3.63) is 0 Å². The van der Waals surface area contributed by atoms with Crippen LogP contribution in [0.1, 0.15) is 33.1 Å². The zero-order chi connectivity index (χ0) is 11.2. The largest absolute Gasteiger partial charge is 0.288 e. The Hall–Kier alpha value is -0.190. The predicted octanol–water partition coefficient (Wildman–Crippen LogP) is 3.43. The SMILES string of the molecule is CC(=O)SCCCC(F)CC(C)(F)F. The van der Waals surface area contributed by atoms with Crippen LogP contribution < -0.4 is 0 Å². The first-order valence-electron chi connectivity index (χ1n) is 4.46. The molecule has 14 heavy (non-hydrogen) atoms. The number of alkyl halides is 3. The van der Waals surface area contributed by atoms with E-state index in [9.17, 15) is 18.0 Å². The molecule has 0 radical (unpaired) electrons. The van der Waals surface area contributed by atoms with E-state index in [0.717, 1.165) is 11.8 Å². The van der Waals surface area contributed by atoms with Gasteiger partial charge < -0.3 is 0 Å². The molecule has 1 nitrogen and oxygen atoms in total. The van der Waals surface area contributed by atoms with E-state index in [1.807, 2.05) is 0 Å². The number of carbonyl (C=O) groups is 1. The Labute approximate surface area is 86.4 Å². The molecule has 0 spiro atoms. The van der Waals surface area contributed by atoms with Crippen molar-refractivity contribution in [1.82, 2.24) is 0 Å². The number of thioether (sulfide) groups is 1. The van der Waals surface area contributed by atoms with Gasteiger partial charge in [-0.15, -0.1) is 0 Å². The molecule has 0 bridgehead atoms. The van der Waals surface area contributed by atoms with Gasteiger partial charge in [-0.3, -0.25) is 4.79 Å². The average Bonchev–Trinajstić information content (AvgIpc) is 1.94. The van der Waals surface area contributed by atoms with E-state index in [1.165, 1.54) is 6.92 Å². The first kappa shape index (κ1) is 13.8. The lowest BCUT2D eigenvalue weighted by molar-refractivity contribution is -0.109. The average molecular weight is 228 g/mol. The molecule has 0 aromatic heterocycles. The van der Waals surface area contributed by atoms with Gasteiger partial charge in [0.15, 0.2) is 5.12 Å². The van der Waals surface area contributed by atoms with Gasteiger partial charge >= 0.3 is 0 Å². The molecule has 0 saturated heterocycles. The maximum atomic E-state index is 12.8. The van der Waals surface area contributed by atoms with E-state index in [2.05, 4.69) is 0 Å². The van der Waals surface area contributed by atoms with Crippen LogP contribution in [0, 0.1) is 0 Å². The molecule has 1 unspecified atom stereocenters. The zero-order valence-corrected chi connectivity index (χ0v) is 9.17. The molecule has 0 aromatic rings. The van der Waals surface area contributed by atoms with Crippen molar-refractivity contribution in [1.29, 1.82) is 0 Å². The molecule has 0 saturated carbocycles. The summed E-state index contributed by atoms with van der Waals surface area (Å²) >= 11 is 1.10. The van der Waals surface area contributed by atoms with E-state index >= 15 is 0 Å². The predicted molar refractivity (Wildman–Crippen MR) is 52.5 cm³/mol. The second-order valence-corrected chi connectivity index (χ2v) is 4.63. The normalized spacial score (nSPS) is 14.1. The van der Waals surface area contributed by atoms with E-state index in [4.69, 9.17) is 0 Å². The van der Waals surface area contributed by atoms with Gasteiger partial charge in [0.2, 0.25) is 5.92 Å². The Balaban J connectivity index is 3.45. The summed E-state index contributed by atoms with van der Waals surface area (Å²) in [4.78, 5) is 10.5. The van der Waals surface area contributed by atoms with Crippen LogP contribution in [0.15, 0.2) is 0 Å². The Kier molecular flexibility index (Phi) is 6.24. The smallest absolute Gasteiger partial charge is 0.248 e. The molecule has 0 fully saturated rings. The Morgan fingerprint density at radius 1 is 1.50 bits per heavy atom. The molecule has 0 aliphatic carbocycles. The fraction of sp³-hybridized carbons (Fsp3) is 0.889. The lowest BCUT2D eigenvalue weighted by atomic mass is 10.1. The minimum absolute atomic E-state index is 0.0266. The van der Waals surface area contributed by atoms with Crippen LogP contribution in [-0.4, -0.2) is 23.0 Å². The number of hydrogen-bond donors (Lipinski definition) is 0. The van der Waals surface area contributed by atoms with Gasteiger partial charge in [0, 0.05) is 19.1 Å². The van der Waals surface area contributed by atoms with E-state index < -0.39 is 18.5 Å². The van der Waals surface area contributed by atoms with Gasteiger partial charge in [-0.05, 0) is 19.8 Å². The summed E-state index contributed by atoms with van der Waals surface area (Å²) in [5.74, 6) is -2.43. The second kappa shape index (κ2) is 6.32. The lowest BCUT2D eigenvalue weighted by Crippen LogP contribution is -2.17. The molecule has 0 heterocycles. The molecule has 0 aliphatic rings. The Morgan fingerprint density at radius 2 is 2.07 bits per heavy atom. The monoisotopic (exact) mass is 228 g/mol. The first-order valence-corrected chi connectivity index (χ1v) is 5.45. The van der Waals surface area contributed by atoms with Crippen molar-refractivity contribution < 1.29 is 18.0 Å². The zero-order valence-electron chi connectivity index (χ0n) is 8.36. The van der Waals surface area contributed by atoms with Gasteiger partial charge in [-0.25, -0.2) is 13.2 Å². The van der Waals surface area contributed by atoms with Crippen molar-refractivity contribution in [3.8, 4) is 0 Å². The number of halogens is 3. The Bertz CT molecular complexity index is 179. The topological polar surface area (TPSA) is 17.1 Å². The van der Waals surface area contributed by atoms with Crippen LogP contribution in [0.4, 0.5) is 13.2 Å². The summed E-state index contributed by atoms with van der Waals surface area (Å²) in [7, 11) is 0. The third kappa shape index (κ3) is 9.89. The highest BCUT2D eigenvalue weighted by molar-refractivity contribution is 8.13. The molecule has 0 N–H and O–H groups in total. The molecular weight excluding hydrogens is 213 g/mol. The highest BCUT2D eigenvalue weighted by Gasteiger charge is 2.26. The van der Waals surface area contributed by atoms with Crippen molar-refractivity contribution >= 4 is 16.9 Å². The molecular formula is C9H15F3OS. The van der Waals surface area contributed by atoms with Crippen LogP contribution in [0.25, 0.3) is 0 Å². The third-order valence-corrected chi connectivity index (χ3v) is 2.45. The standard InChI is InChI=1S/C9H15F3OS/c1-7(13)14-5-3-4-8(10)6-9(2,11)12/h8H,3-6H2,1-2H3. The number of carbonyl (C=O) groups excluding carboxylic acids is 1. The molecule has 5 heteroatoms. The molecule has 1 atom stereocenters. The second-order valence-electron chi connectivity index (χ2n) is 3.35. The van der Waals surface area contributed by atoms with Gasteiger partial charge in [-0.2, -0.15) is 0 Å². The molecule has 0 aliphatic heterocycles. The van der Waals surface area contributed by atoms with Crippen LogP contribution in [-0.2, 0) is 4.79 Å². The van der Waals surface area contributed by atoms with Crippen molar-refractivity contribution in [2.45, 2.75) is 45.2 Å². The first-order chi connectivity index (χ1) is 6.31. The number of hydrogen-bond acceptors (Lipinski definition) is 2. The van der Waals surface area contributed by atoms with Crippen LogP contribution in [0.2, 0.25) is 0 Å². The molecule has 0 amide bonds. The molecule has 0 rings (SSSR count). The van der Waals surface area contributed by atoms with Gasteiger partial charge in [-0.1, -0.05) is 11.8 Å². The highest BCUT2D eigenvalue weighted by atomic mass is 32.2. The minimum atomic E-state index is -2.94. The van der Waals surface area contributed by atoms with Crippen molar-refractivity contribution in [2.75, 3.05) is 5.75 Å². The van der Waals surface area contributed by atoms with Crippen molar-refractivity contribution in [2.24, 2.45) is 0 Å².